The summed E-state index contributed by atoms with van der Waals surface area (Å²) in [5, 5.41) is 9.01. The van der Waals surface area contributed by atoms with E-state index in [1.54, 1.807) is 0 Å². The van der Waals surface area contributed by atoms with Crippen molar-refractivity contribution in [3.05, 3.63) is 48.7 Å². The van der Waals surface area contributed by atoms with Crippen molar-refractivity contribution in [2.75, 3.05) is 6.61 Å². The SMILES string of the molecule is C=C=CCCC(CCO)S(=O)c1ccccc1. The zero-order valence-electron chi connectivity index (χ0n) is 9.84. The van der Waals surface area contributed by atoms with E-state index < -0.39 is 10.8 Å². The van der Waals surface area contributed by atoms with Crippen molar-refractivity contribution < 1.29 is 9.32 Å². The molecule has 0 radical (unpaired) electrons. The first-order chi connectivity index (χ1) is 8.29. The molecule has 0 amide bonds. The van der Waals surface area contributed by atoms with Crippen LogP contribution < -0.4 is 0 Å². The largest absolute Gasteiger partial charge is 0.396 e. The topological polar surface area (TPSA) is 37.3 Å². The van der Waals surface area contributed by atoms with Crippen LogP contribution in [0.15, 0.2) is 53.6 Å². The predicted octanol–water partition coefficient (Wildman–Crippen LogP) is 2.67. The number of aliphatic hydroxyl groups is 1. The van der Waals surface area contributed by atoms with Gasteiger partial charge in [0.25, 0.3) is 0 Å². The second kappa shape index (κ2) is 8.02. The minimum Gasteiger partial charge on any atom is -0.396 e. The van der Waals surface area contributed by atoms with Crippen molar-refractivity contribution in [1.29, 1.82) is 0 Å². The fourth-order valence-electron chi connectivity index (χ4n) is 1.62. The lowest BCUT2D eigenvalue weighted by molar-refractivity contribution is 0.284. The number of hydrogen-bond donors (Lipinski definition) is 1. The van der Waals surface area contributed by atoms with Crippen LogP contribution in [0, 0.1) is 0 Å². The van der Waals surface area contributed by atoms with Gasteiger partial charge in [-0.1, -0.05) is 24.8 Å². The Morgan fingerprint density at radius 3 is 2.65 bits per heavy atom. The molecule has 0 heterocycles. The Bertz CT molecular complexity index is 394. The van der Waals surface area contributed by atoms with Crippen molar-refractivity contribution in [2.45, 2.75) is 29.4 Å². The molecule has 2 nitrogen and oxygen atoms in total. The van der Waals surface area contributed by atoms with E-state index in [0.29, 0.717) is 6.42 Å². The number of rotatable bonds is 7. The summed E-state index contributed by atoms with van der Waals surface area (Å²) in [6, 6.07) is 9.40. The molecule has 1 N–H and O–H groups in total. The molecule has 0 saturated carbocycles. The zero-order chi connectivity index (χ0) is 12.5. The third-order valence-corrected chi connectivity index (χ3v) is 4.32. The number of benzene rings is 1. The van der Waals surface area contributed by atoms with Gasteiger partial charge in [-0.15, -0.1) is 5.73 Å². The summed E-state index contributed by atoms with van der Waals surface area (Å²) in [7, 11) is -1.05. The molecule has 1 aromatic rings. The van der Waals surface area contributed by atoms with Gasteiger partial charge in [0.1, 0.15) is 0 Å². The molecular formula is C14H18O2S. The standard InChI is InChI=1S/C14H18O2S/c1-2-3-5-8-14(11-12-15)17(16)13-9-6-4-7-10-13/h3-4,6-7,9-10,14-15H,1,5,8,11-12H2. The summed E-state index contributed by atoms with van der Waals surface area (Å²) >= 11 is 0. The highest BCUT2D eigenvalue weighted by atomic mass is 32.2. The van der Waals surface area contributed by atoms with E-state index in [1.165, 1.54) is 0 Å². The average molecular weight is 250 g/mol. The van der Waals surface area contributed by atoms with E-state index in [9.17, 15) is 4.21 Å². The zero-order valence-corrected chi connectivity index (χ0v) is 10.7. The second-order valence-electron chi connectivity index (χ2n) is 3.73. The molecule has 0 saturated heterocycles. The van der Waals surface area contributed by atoms with Gasteiger partial charge in [0.15, 0.2) is 0 Å². The molecule has 0 spiro atoms. The van der Waals surface area contributed by atoms with Crippen LogP contribution in [0.25, 0.3) is 0 Å². The molecule has 0 aromatic heterocycles. The van der Waals surface area contributed by atoms with Crippen molar-refractivity contribution in [1.82, 2.24) is 0 Å². The van der Waals surface area contributed by atoms with E-state index in [1.807, 2.05) is 36.4 Å². The fourth-order valence-corrected chi connectivity index (χ4v) is 3.10. The van der Waals surface area contributed by atoms with E-state index in [-0.39, 0.29) is 11.9 Å². The van der Waals surface area contributed by atoms with E-state index >= 15 is 0 Å². The highest BCUT2D eigenvalue weighted by Gasteiger charge is 2.16. The van der Waals surface area contributed by atoms with Crippen LogP contribution in [0.1, 0.15) is 19.3 Å². The molecule has 0 bridgehead atoms. The molecule has 17 heavy (non-hydrogen) atoms. The summed E-state index contributed by atoms with van der Waals surface area (Å²) in [4.78, 5) is 0.827. The van der Waals surface area contributed by atoms with Gasteiger partial charge in [-0.25, -0.2) is 0 Å². The Morgan fingerprint density at radius 1 is 1.35 bits per heavy atom. The fraction of sp³-hybridized carbons (Fsp3) is 0.357. The highest BCUT2D eigenvalue weighted by Crippen LogP contribution is 2.17. The normalized spacial score (nSPS) is 13.7. The summed E-state index contributed by atoms with van der Waals surface area (Å²) in [5.74, 6) is 0. The molecule has 0 aliphatic rings. The molecule has 3 heteroatoms. The van der Waals surface area contributed by atoms with Gasteiger partial charge in [0.2, 0.25) is 0 Å². The lowest BCUT2D eigenvalue weighted by Crippen LogP contribution is -2.17. The van der Waals surface area contributed by atoms with Crippen LogP contribution in [0.5, 0.6) is 0 Å². The third kappa shape index (κ3) is 4.70. The van der Waals surface area contributed by atoms with Crippen molar-refractivity contribution in [3.63, 3.8) is 0 Å². The van der Waals surface area contributed by atoms with Crippen LogP contribution in [-0.2, 0) is 10.8 Å². The van der Waals surface area contributed by atoms with Gasteiger partial charge in [-0.3, -0.25) is 4.21 Å². The maximum absolute atomic E-state index is 12.3. The number of allylic oxidation sites excluding steroid dienone is 1. The molecule has 92 valence electrons. The quantitative estimate of drug-likeness (QED) is 0.755. The first kappa shape index (κ1) is 13.9. The van der Waals surface area contributed by atoms with Crippen LogP contribution in [-0.4, -0.2) is 21.2 Å². The lowest BCUT2D eigenvalue weighted by Gasteiger charge is -2.14. The van der Waals surface area contributed by atoms with Gasteiger partial charge in [0, 0.05) is 16.8 Å². The van der Waals surface area contributed by atoms with Crippen LogP contribution >= 0.6 is 0 Å². The van der Waals surface area contributed by atoms with Crippen molar-refractivity contribution in [3.8, 4) is 0 Å². The van der Waals surface area contributed by atoms with Gasteiger partial charge < -0.3 is 5.11 Å². The molecule has 1 rings (SSSR count). The van der Waals surface area contributed by atoms with Crippen LogP contribution in [0.4, 0.5) is 0 Å². The molecule has 0 fully saturated rings. The number of hydrogen-bond acceptors (Lipinski definition) is 2. The summed E-state index contributed by atoms with van der Waals surface area (Å²) in [5.41, 5.74) is 2.71. The Kier molecular flexibility index (Phi) is 6.56. The maximum Gasteiger partial charge on any atom is 0.0561 e. The second-order valence-corrected chi connectivity index (χ2v) is 5.46. The molecular weight excluding hydrogens is 232 g/mol. The van der Waals surface area contributed by atoms with E-state index in [2.05, 4.69) is 12.3 Å². The van der Waals surface area contributed by atoms with Gasteiger partial charge >= 0.3 is 0 Å². The summed E-state index contributed by atoms with van der Waals surface area (Å²) in [6.07, 6.45) is 3.98. The number of aliphatic hydroxyl groups excluding tert-OH is 1. The van der Waals surface area contributed by atoms with Gasteiger partial charge in [0.05, 0.1) is 10.8 Å². The first-order valence-corrected chi connectivity index (χ1v) is 6.91. The van der Waals surface area contributed by atoms with Crippen LogP contribution in [0.3, 0.4) is 0 Å². The summed E-state index contributed by atoms with van der Waals surface area (Å²) < 4.78 is 12.3. The predicted molar refractivity (Wildman–Crippen MR) is 71.3 cm³/mol. The third-order valence-electron chi connectivity index (χ3n) is 2.51. The highest BCUT2D eigenvalue weighted by molar-refractivity contribution is 7.85. The molecule has 0 aliphatic heterocycles. The Morgan fingerprint density at radius 2 is 2.06 bits per heavy atom. The molecule has 1 aromatic carbocycles. The Labute approximate surface area is 105 Å². The minimum atomic E-state index is -1.05. The molecule has 0 aliphatic carbocycles. The smallest absolute Gasteiger partial charge is 0.0561 e. The van der Waals surface area contributed by atoms with E-state index in [0.717, 1.165) is 17.7 Å². The first-order valence-electron chi connectivity index (χ1n) is 5.70. The van der Waals surface area contributed by atoms with Gasteiger partial charge in [-0.2, -0.15) is 0 Å². The molecule has 2 unspecified atom stereocenters. The molecule has 2 atom stereocenters. The Balaban J connectivity index is 2.69. The maximum atomic E-state index is 12.3. The lowest BCUT2D eigenvalue weighted by atomic mass is 10.2. The Hall–Kier alpha value is -1.15. The van der Waals surface area contributed by atoms with Crippen molar-refractivity contribution in [2.24, 2.45) is 0 Å². The van der Waals surface area contributed by atoms with Crippen LogP contribution in [0.2, 0.25) is 0 Å². The van der Waals surface area contributed by atoms with Gasteiger partial charge in [-0.05, 0) is 37.5 Å². The summed E-state index contributed by atoms with van der Waals surface area (Å²) in [6.45, 7) is 3.57. The minimum absolute atomic E-state index is 0.00741. The monoisotopic (exact) mass is 250 g/mol. The average Bonchev–Trinajstić information content (AvgIpc) is 2.38. The van der Waals surface area contributed by atoms with Crippen molar-refractivity contribution >= 4 is 10.8 Å². The van der Waals surface area contributed by atoms with E-state index in [4.69, 9.17) is 5.11 Å².